The first-order valence-electron chi connectivity index (χ1n) is 6.15. The maximum atomic E-state index is 12.4. The SMILES string of the molecule is CCC(C)NS(=O)(=O)c1ccc(Cl)c2ccccc12. The van der Waals surface area contributed by atoms with Crippen LogP contribution in [0.5, 0.6) is 0 Å². The second-order valence-electron chi connectivity index (χ2n) is 4.52. The summed E-state index contributed by atoms with van der Waals surface area (Å²) < 4.78 is 27.4. The van der Waals surface area contributed by atoms with Gasteiger partial charge in [-0.05, 0) is 25.5 Å². The van der Waals surface area contributed by atoms with Gasteiger partial charge < -0.3 is 0 Å². The number of fused-ring (bicyclic) bond motifs is 1. The van der Waals surface area contributed by atoms with Gasteiger partial charge in [-0.15, -0.1) is 0 Å². The molecular weight excluding hydrogens is 282 g/mol. The highest BCUT2D eigenvalue weighted by atomic mass is 35.5. The van der Waals surface area contributed by atoms with Crippen LogP contribution in [0.25, 0.3) is 10.8 Å². The zero-order chi connectivity index (χ0) is 14.0. The molecule has 0 amide bonds. The van der Waals surface area contributed by atoms with Gasteiger partial charge in [0.25, 0.3) is 0 Å². The summed E-state index contributed by atoms with van der Waals surface area (Å²) in [4.78, 5) is 0.271. The van der Waals surface area contributed by atoms with Gasteiger partial charge in [0, 0.05) is 21.8 Å². The summed E-state index contributed by atoms with van der Waals surface area (Å²) in [5.41, 5.74) is 0. The van der Waals surface area contributed by atoms with Crippen LogP contribution in [-0.2, 0) is 10.0 Å². The van der Waals surface area contributed by atoms with E-state index in [-0.39, 0.29) is 10.9 Å². The summed E-state index contributed by atoms with van der Waals surface area (Å²) in [6, 6.07) is 10.3. The van der Waals surface area contributed by atoms with Crippen LogP contribution in [0.2, 0.25) is 5.02 Å². The first kappa shape index (κ1) is 14.3. The van der Waals surface area contributed by atoms with Crippen molar-refractivity contribution in [3.05, 3.63) is 41.4 Å². The summed E-state index contributed by atoms with van der Waals surface area (Å²) in [5, 5.41) is 1.94. The Hall–Kier alpha value is -1.10. The van der Waals surface area contributed by atoms with E-state index >= 15 is 0 Å². The maximum absolute atomic E-state index is 12.4. The summed E-state index contributed by atoms with van der Waals surface area (Å²) in [5.74, 6) is 0. The number of sulfonamides is 1. The van der Waals surface area contributed by atoms with Gasteiger partial charge in [-0.3, -0.25) is 0 Å². The minimum absolute atomic E-state index is 0.0977. The Morgan fingerprint density at radius 2 is 1.79 bits per heavy atom. The Bertz CT molecular complexity index is 698. The van der Waals surface area contributed by atoms with Crippen LogP contribution in [0.4, 0.5) is 0 Å². The van der Waals surface area contributed by atoms with E-state index in [9.17, 15) is 8.42 Å². The third kappa shape index (κ3) is 2.91. The highest BCUT2D eigenvalue weighted by Crippen LogP contribution is 2.29. The van der Waals surface area contributed by atoms with E-state index in [0.717, 1.165) is 11.8 Å². The third-order valence-electron chi connectivity index (χ3n) is 3.09. The Kier molecular flexibility index (Phi) is 4.13. The standard InChI is InChI=1S/C14H16ClNO2S/c1-3-10(2)16-19(17,18)14-9-8-13(15)11-6-4-5-7-12(11)14/h4-10,16H,3H2,1-2H3. The summed E-state index contributed by atoms with van der Waals surface area (Å²) >= 11 is 6.10. The van der Waals surface area contributed by atoms with Gasteiger partial charge in [-0.1, -0.05) is 42.8 Å². The summed E-state index contributed by atoms with van der Waals surface area (Å²) in [6.45, 7) is 3.78. The zero-order valence-electron chi connectivity index (χ0n) is 10.9. The van der Waals surface area contributed by atoms with Crippen LogP contribution in [0.15, 0.2) is 41.3 Å². The maximum Gasteiger partial charge on any atom is 0.241 e. The number of rotatable bonds is 4. The Morgan fingerprint density at radius 1 is 1.16 bits per heavy atom. The molecule has 5 heteroatoms. The molecule has 0 heterocycles. The molecule has 0 aliphatic heterocycles. The number of halogens is 1. The first-order valence-corrected chi connectivity index (χ1v) is 8.01. The van der Waals surface area contributed by atoms with Crippen LogP contribution >= 0.6 is 11.6 Å². The molecule has 2 aromatic rings. The Labute approximate surface area is 118 Å². The Balaban J connectivity index is 2.60. The van der Waals surface area contributed by atoms with Crippen molar-refractivity contribution >= 4 is 32.4 Å². The molecule has 0 aliphatic rings. The lowest BCUT2D eigenvalue weighted by molar-refractivity contribution is 0.556. The summed E-state index contributed by atoms with van der Waals surface area (Å²) in [6.07, 6.45) is 0.741. The second kappa shape index (κ2) is 5.49. The monoisotopic (exact) mass is 297 g/mol. The molecule has 0 radical (unpaired) electrons. The van der Waals surface area contributed by atoms with Crippen molar-refractivity contribution in [2.45, 2.75) is 31.2 Å². The third-order valence-corrected chi connectivity index (χ3v) is 5.07. The highest BCUT2D eigenvalue weighted by Gasteiger charge is 2.19. The quantitative estimate of drug-likeness (QED) is 0.938. The molecule has 0 bridgehead atoms. The number of benzene rings is 2. The van der Waals surface area contributed by atoms with Gasteiger partial charge in [0.15, 0.2) is 0 Å². The van der Waals surface area contributed by atoms with E-state index in [1.165, 1.54) is 0 Å². The minimum Gasteiger partial charge on any atom is -0.208 e. The van der Waals surface area contributed by atoms with E-state index in [4.69, 9.17) is 11.6 Å². The van der Waals surface area contributed by atoms with Crippen molar-refractivity contribution in [3.8, 4) is 0 Å². The van der Waals surface area contributed by atoms with Gasteiger partial charge in [0.05, 0.1) is 4.90 Å². The number of nitrogens with one attached hydrogen (secondary N) is 1. The molecule has 3 nitrogen and oxygen atoms in total. The average molecular weight is 298 g/mol. The summed E-state index contributed by atoms with van der Waals surface area (Å²) in [7, 11) is -3.52. The van der Waals surface area contributed by atoms with Gasteiger partial charge in [0.2, 0.25) is 10.0 Å². The molecule has 0 saturated heterocycles. The van der Waals surface area contributed by atoms with Crippen molar-refractivity contribution < 1.29 is 8.42 Å². The molecule has 0 aromatic heterocycles. The molecule has 102 valence electrons. The molecule has 0 spiro atoms. The van der Waals surface area contributed by atoms with Crippen molar-refractivity contribution in [1.29, 1.82) is 0 Å². The van der Waals surface area contributed by atoms with Crippen LogP contribution in [-0.4, -0.2) is 14.5 Å². The minimum atomic E-state index is -3.52. The average Bonchev–Trinajstić information content (AvgIpc) is 2.38. The van der Waals surface area contributed by atoms with E-state index in [2.05, 4.69) is 4.72 Å². The lowest BCUT2D eigenvalue weighted by Gasteiger charge is -2.14. The van der Waals surface area contributed by atoms with Crippen molar-refractivity contribution in [1.82, 2.24) is 4.72 Å². The normalized spacial score (nSPS) is 13.6. The van der Waals surface area contributed by atoms with Crippen LogP contribution < -0.4 is 4.72 Å². The lowest BCUT2D eigenvalue weighted by atomic mass is 10.1. The Morgan fingerprint density at radius 3 is 2.42 bits per heavy atom. The van der Waals surface area contributed by atoms with Gasteiger partial charge >= 0.3 is 0 Å². The molecule has 1 unspecified atom stereocenters. The zero-order valence-corrected chi connectivity index (χ0v) is 12.4. The smallest absolute Gasteiger partial charge is 0.208 e. The van der Waals surface area contributed by atoms with Crippen LogP contribution in [0.1, 0.15) is 20.3 Å². The predicted molar refractivity (Wildman–Crippen MR) is 79.0 cm³/mol. The van der Waals surface area contributed by atoms with E-state index in [0.29, 0.717) is 10.4 Å². The highest BCUT2D eigenvalue weighted by molar-refractivity contribution is 7.89. The predicted octanol–water partition coefficient (Wildman–Crippen LogP) is 3.57. The van der Waals surface area contributed by atoms with Crippen molar-refractivity contribution in [2.75, 3.05) is 0 Å². The fourth-order valence-corrected chi connectivity index (χ4v) is 3.65. The largest absolute Gasteiger partial charge is 0.241 e. The van der Waals surface area contributed by atoms with Gasteiger partial charge in [-0.2, -0.15) is 0 Å². The fraction of sp³-hybridized carbons (Fsp3) is 0.286. The molecule has 2 aromatic carbocycles. The van der Waals surface area contributed by atoms with Gasteiger partial charge in [-0.25, -0.2) is 13.1 Å². The van der Waals surface area contributed by atoms with E-state index in [1.807, 2.05) is 26.0 Å². The van der Waals surface area contributed by atoms with Crippen LogP contribution in [0.3, 0.4) is 0 Å². The molecular formula is C14H16ClNO2S. The van der Waals surface area contributed by atoms with Gasteiger partial charge in [0.1, 0.15) is 0 Å². The van der Waals surface area contributed by atoms with E-state index in [1.54, 1.807) is 24.3 Å². The van der Waals surface area contributed by atoms with Crippen molar-refractivity contribution in [2.24, 2.45) is 0 Å². The van der Waals surface area contributed by atoms with Crippen molar-refractivity contribution in [3.63, 3.8) is 0 Å². The molecule has 0 fully saturated rings. The molecule has 1 atom stereocenters. The topological polar surface area (TPSA) is 46.2 Å². The molecule has 19 heavy (non-hydrogen) atoms. The van der Waals surface area contributed by atoms with Crippen LogP contribution in [0, 0.1) is 0 Å². The van der Waals surface area contributed by atoms with E-state index < -0.39 is 10.0 Å². The number of hydrogen-bond acceptors (Lipinski definition) is 2. The fourth-order valence-electron chi connectivity index (χ4n) is 1.88. The second-order valence-corrected chi connectivity index (χ2v) is 6.61. The first-order chi connectivity index (χ1) is 8.95. The molecule has 0 saturated carbocycles. The molecule has 1 N–H and O–H groups in total. The number of hydrogen-bond donors (Lipinski definition) is 1. The molecule has 0 aliphatic carbocycles. The molecule has 2 rings (SSSR count). The lowest BCUT2D eigenvalue weighted by Crippen LogP contribution is -2.32.